The summed E-state index contributed by atoms with van der Waals surface area (Å²) in [7, 11) is 0. The van der Waals surface area contributed by atoms with Gasteiger partial charge in [-0.05, 0) is 37.1 Å². The fraction of sp³-hybridized carbons (Fsp3) is 0.588. The summed E-state index contributed by atoms with van der Waals surface area (Å²) in [6.45, 7) is 1.65. The molecule has 6 heteroatoms. The van der Waals surface area contributed by atoms with Crippen LogP contribution in [0.3, 0.4) is 0 Å². The topological polar surface area (TPSA) is 46.1 Å². The minimum Gasteiger partial charge on any atom is -0.337 e. The summed E-state index contributed by atoms with van der Waals surface area (Å²) in [4.78, 5) is 15.4. The van der Waals surface area contributed by atoms with Crippen LogP contribution in [-0.4, -0.2) is 34.1 Å². The van der Waals surface area contributed by atoms with E-state index in [0.717, 1.165) is 35.8 Å². The predicted molar refractivity (Wildman–Crippen MR) is 93.3 cm³/mol. The number of thiophene rings is 1. The Morgan fingerprint density at radius 2 is 1.83 bits per heavy atom. The lowest BCUT2D eigenvalue weighted by Gasteiger charge is -2.31. The van der Waals surface area contributed by atoms with Crippen molar-refractivity contribution in [2.75, 3.05) is 13.1 Å². The zero-order chi connectivity index (χ0) is 15.6. The van der Waals surface area contributed by atoms with Crippen molar-refractivity contribution in [3.63, 3.8) is 0 Å². The highest BCUT2D eigenvalue weighted by atomic mass is 32.1. The molecule has 2 aliphatic rings. The largest absolute Gasteiger partial charge is 0.337 e. The number of rotatable bonds is 3. The summed E-state index contributed by atoms with van der Waals surface area (Å²) in [5.74, 6) is 1.17. The number of hydrogen-bond acceptors (Lipinski definition) is 5. The van der Waals surface area contributed by atoms with Gasteiger partial charge in [0, 0.05) is 24.9 Å². The van der Waals surface area contributed by atoms with E-state index in [4.69, 9.17) is 0 Å². The molecule has 0 aromatic carbocycles. The monoisotopic (exact) mass is 347 g/mol. The van der Waals surface area contributed by atoms with Crippen LogP contribution in [0.5, 0.6) is 0 Å². The normalized spacial score (nSPS) is 22.6. The molecule has 23 heavy (non-hydrogen) atoms. The molecule has 4 nitrogen and oxygen atoms in total. The number of hydrogen-bond donors (Lipinski definition) is 0. The molecular weight excluding hydrogens is 326 g/mol. The number of aromatic nitrogens is 2. The molecule has 1 saturated heterocycles. The second-order valence-electron chi connectivity index (χ2n) is 6.53. The Kier molecular flexibility index (Phi) is 4.44. The summed E-state index contributed by atoms with van der Waals surface area (Å²) in [6, 6.07) is 3.86. The van der Waals surface area contributed by atoms with Gasteiger partial charge in [0.25, 0.3) is 5.91 Å². The fourth-order valence-corrected chi connectivity index (χ4v) is 5.50. The average Bonchev–Trinajstić information content (AvgIpc) is 3.36. The minimum absolute atomic E-state index is 0.172. The molecule has 2 aromatic heterocycles. The van der Waals surface area contributed by atoms with E-state index >= 15 is 0 Å². The van der Waals surface area contributed by atoms with Gasteiger partial charge >= 0.3 is 0 Å². The lowest BCUT2D eigenvalue weighted by molar-refractivity contribution is 0.0712. The van der Waals surface area contributed by atoms with E-state index in [1.54, 1.807) is 11.3 Å². The highest BCUT2D eigenvalue weighted by Gasteiger charge is 2.29. The highest BCUT2D eigenvalue weighted by Crippen LogP contribution is 2.38. The number of likely N-dealkylation sites (tertiary alicyclic amines) is 1. The second kappa shape index (κ2) is 6.69. The van der Waals surface area contributed by atoms with Gasteiger partial charge < -0.3 is 4.90 Å². The summed E-state index contributed by atoms with van der Waals surface area (Å²) in [5, 5.41) is 13.3. The molecule has 1 amide bonds. The summed E-state index contributed by atoms with van der Waals surface area (Å²) in [5.41, 5.74) is 0. The Hall–Kier alpha value is -1.27. The van der Waals surface area contributed by atoms with Crippen LogP contribution in [-0.2, 0) is 0 Å². The average molecular weight is 348 g/mol. The molecule has 0 radical (unpaired) electrons. The van der Waals surface area contributed by atoms with Gasteiger partial charge in [-0.25, -0.2) is 0 Å². The van der Waals surface area contributed by atoms with E-state index in [1.165, 1.54) is 42.0 Å². The number of piperidine rings is 1. The van der Waals surface area contributed by atoms with Crippen LogP contribution < -0.4 is 0 Å². The number of carbonyl (C=O) groups excluding carboxylic acids is 1. The van der Waals surface area contributed by atoms with Crippen LogP contribution in [0.2, 0.25) is 0 Å². The lowest BCUT2D eigenvalue weighted by Crippen LogP contribution is -2.38. The Morgan fingerprint density at radius 1 is 1.09 bits per heavy atom. The third-order valence-electron chi connectivity index (χ3n) is 4.95. The predicted octanol–water partition coefficient (Wildman–Crippen LogP) is 4.28. The van der Waals surface area contributed by atoms with Crippen LogP contribution in [0.4, 0.5) is 0 Å². The first kappa shape index (κ1) is 15.3. The van der Waals surface area contributed by atoms with Gasteiger partial charge in [-0.2, -0.15) is 0 Å². The molecule has 1 aliphatic heterocycles. The number of amides is 1. The van der Waals surface area contributed by atoms with Crippen LogP contribution in [0.1, 0.15) is 70.0 Å². The standard InChI is InChI=1S/C17H21N3OS2/c21-17(14-8-4-10-22-14)20-9-3-7-13(11-20)16-19-18-15(23-16)12-5-1-2-6-12/h4,8,10,12-13H,1-3,5-7,9,11H2. The zero-order valence-corrected chi connectivity index (χ0v) is 14.7. The first-order valence-electron chi connectivity index (χ1n) is 8.47. The van der Waals surface area contributed by atoms with Gasteiger partial charge in [0.15, 0.2) is 0 Å². The van der Waals surface area contributed by atoms with Crippen molar-refractivity contribution in [1.29, 1.82) is 0 Å². The van der Waals surface area contributed by atoms with Gasteiger partial charge in [0.05, 0.1) is 4.88 Å². The SMILES string of the molecule is O=C(c1cccs1)N1CCCC(c2nnc(C3CCCC3)s2)C1. The van der Waals surface area contributed by atoms with Crippen LogP contribution >= 0.6 is 22.7 Å². The number of carbonyl (C=O) groups is 1. The first-order chi connectivity index (χ1) is 11.3. The first-order valence-corrected chi connectivity index (χ1v) is 10.2. The molecule has 0 spiro atoms. The molecular formula is C17H21N3OS2. The van der Waals surface area contributed by atoms with Gasteiger partial charge in [0.2, 0.25) is 0 Å². The maximum atomic E-state index is 12.6. The zero-order valence-electron chi connectivity index (χ0n) is 13.1. The molecule has 122 valence electrons. The van der Waals surface area contributed by atoms with Crippen LogP contribution in [0, 0.1) is 0 Å². The fourth-order valence-electron chi connectivity index (χ4n) is 3.67. The van der Waals surface area contributed by atoms with Gasteiger partial charge in [-0.15, -0.1) is 32.9 Å². The van der Waals surface area contributed by atoms with Gasteiger partial charge in [0.1, 0.15) is 10.0 Å². The van der Waals surface area contributed by atoms with Gasteiger partial charge in [-0.3, -0.25) is 4.79 Å². The quantitative estimate of drug-likeness (QED) is 0.832. The molecule has 2 fully saturated rings. The van der Waals surface area contributed by atoms with E-state index in [-0.39, 0.29) is 5.91 Å². The molecule has 1 atom stereocenters. The molecule has 1 saturated carbocycles. The lowest BCUT2D eigenvalue weighted by atomic mass is 9.98. The Labute approximate surface area is 144 Å². The maximum absolute atomic E-state index is 12.6. The van der Waals surface area contributed by atoms with Crippen LogP contribution in [0.15, 0.2) is 17.5 Å². The van der Waals surface area contributed by atoms with Gasteiger partial charge in [-0.1, -0.05) is 18.9 Å². The molecule has 1 unspecified atom stereocenters. The smallest absolute Gasteiger partial charge is 0.263 e. The van der Waals surface area contributed by atoms with Crippen molar-refractivity contribution in [3.05, 3.63) is 32.4 Å². The van der Waals surface area contributed by atoms with Crippen molar-refractivity contribution in [2.45, 2.75) is 50.4 Å². The minimum atomic E-state index is 0.172. The van der Waals surface area contributed by atoms with E-state index < -0.39 is 0 Å². The highest BCUT2D eigenvalue weighted by molar-refractivity contribution is 7.12. The number of nitrogens with zero attached hydrogens (tertiary/aromatic N) is 3. The van der Waals surface area contributed by atoms with Crippen LogP contribution in [0.25, 0.3) is 0 Å². The molecule has 0 bridgehead atoms. The van der Waals surface area contributed by atoms with E-state index in [9.17, 15) is 4.79 Å². The molecule has 0 N–H and O–H groups in total. The van der Waals surface area contributed by atoms with Crippen molar-refractivity contribution >= 4 is 28.6 Å². The third-order valence-corrected chi connectivity index (χ3v) is 7.06. The summed E-state index contributed by atoms with van der Waals surface area (Å²) < 4.78 is 0. The Balaban J connectivity index is 1.46. The van der Waals surface area contributed by atoms with E-state index in [1.807, 2.05) is 22.4 Å². The van der Waals surface area contributed by atoms with Crippen molar-refractivity contribution in [3.8, 4) is 0 Å². The molecule has 4 rings (SSSR count). The van der Waals surface area contributed by atoms with Crippen molar-refractivity contribution in [2.24, 2.45) is 0 Å². The third kappa shape index (κ3) is 3.19. The molecule has 1 aliphatic carbocycles. The maximum Gasteiger partial charge on any atom is 0.263 e. The molecule has 2 aromatic rings. The Bertz CT molecular complexity index is 661. The summed E-state index contributed by atoms with van der Waals surface area (Å²) in [6.07, 6.45) is 7.36. The second-order valence-corrected chi connectivity index (χ2v) is 8.52. The van der Waals surface area contributed by atoms with Crippen molar-refractivity contribution < 1.29 is 4.79 Å². The Morgan fingerprint density at radius 3 is 2.57 bits per heavy atom. The van der Waals surface area contributed by atoms with E-state index in [0.29, 0.717) is 11.8 Å². The van der Waals surface area contributed by atoms with Crippen molar-refractivity contribution in [1.82, 2.24) is 15.1 Å². The molecule has 3 heterocycles. The van der Waals surface area contributed by atoms with E-state index in [2.05, 4.69) is 10.2 Å². The summed E-state index contributed by atoms with van der Waals surface area (Å²) >= 11 is 3.32.